The minimum Gasteiger partial charge on any atom is -0.347 e. The normalized spacial score (nSPS) is 20.9. The van der Waals surface area contributed by atoms with Gasteiger partial charge in [-0.2, -0.15) is 0 Å². The zero-order valence-corrected chi connectivity index (χ0v) is 14.5. The van der Waals surface area contributed by atoms with Gasteiger partial charge in [-0.1, -0.05) is 39.0 Å². The minimum atomic E-state index is -0.352. The Morgan fingerprint density at radius 1 is 1.12 bits per heavy atom. The molecule has 2 aliphatic rings. The predicted octanol–water partition coefficient (Wildman–Crippen LogP) is 2.97. The van der Waals surface area contributed by atoms with E-state index in [4.69, 9.17) is 0 Å². The molecule has 24 heavy (non-hydrogen) atoms. The zero-order valence-electron chi connectivity index (χ0n) is 14.5. The number of amides is 1. The zero-order chi connectivity index (χ0) is 16.9. The summed E-state index contributed by atoms with van der Waals surface area (Å²) in [6.45, 7) is 1.95. The minimum absolute atomic E-state index is 0.0527. The highest BCUT2D eigenvalue weighted by Gasteiger charge is 2.27. The van der Waals surface area contributed by atoms with Crippen LogP contribution in [-0.4, -0.2) is 21.1 Å². The molecule has 0 aliphatic heterocycles. The van der Waals surface area contributed by atoms with Crippen LogP contribution < -0.4 is 10.9 Å². The third-order valence-electron chi connectivity index (χ3n) is 5.51. The summed E-state index contributed by atoms with van der Waals surface area (Å²) < 4.78 is 0. The van der Waals surface area contributed by atoms with E-state index in [1.165, 1.54) is 19.3 Å². The van der Waals surface area contributed by atoms with Gasteiger partial charge in [0.15, 0.2) is 5.69 Å². The van der Waals surface area contributed by atoms with Crippen molar-refractivity contribution < 1.29 is 4.79 Å². The Bertz CT molecular complexity index is 616. The first-order valence-corrected chi connectivity index (χ1v) is 9.46. The van der Waals surface area contributed by atoms with Crippen LogP contribution in [0, 0.1) is 5.92 Å². The van der Waals surface area contributed by atoms with Gasteiger partial charge in [-0.3, -0.25) is 9.59 Å². The Morgan fingerprint density at radius 2 is 1.79 bits per heavy atom. The molecule has 2 N–H and O–H groups in total. The van der Waals surface area contributed by atoms with Gasteiger partial charge in [0.05, 0.1) is 6.04 Å². The van der Waals surface area contributed by atoms with Gasteiger partial charge in [0.2, 0.25) is 5.91 Å². The molecule has 1 heterocycles. The summed E-state index contributed by atoms with van der Waals surface area (Å²) >= 11 is 0. The fourth-order valence-electron chi connectivity index (χ4n) is 3.99. The number of H-pyrrole nitrogens is 1. The summed E-state index contributed by atoms with van der Waals surface area (Å²) in [5, 5.41) is 11.5. The molecule has 1 atom stereocenters. The monoisotopic (exact) mass is 332 g/mol. The highest BCUT2D eigenvalue weighted by molar-refractivity contribution is 5.79. The van der Waals surface area contributed by atoms with Crippen molar-refractivity contribution in [3.05, 3.63) is 21.9 Å². The smallest absolute Gasteiger partial charge is 0.275 e. The molecule has 1 aromatic rings. The summed E-state index contributed by atoms with van der Waals surface area (Å²) in [6, 6.07) is -0.352. The summed E-state index contributed by atoms with van der Waals surface area (Å²) in [5.41, 5.74) is 0.132. The van der Waals surface area contributed by atoms with E-state index in [-0.39, 0.29) is 23.4 Å². The third kappa shape index (κ3) is 3.84. The van der Waals surface area contributed by atoms with Gasteiger partial charge in [-0.25, -0.2) is 0 Å². The van der Waals surface area contributed by atoms with Crippen molar-refractivity contribution in [1.82, 2.24) is 20.5 Å². The lowest BCUT2D eigenvalue weighted by Crippen LogP contribution is -2.36. The first kappa shape index (κ1) is 17.1. The molecule has 1 amide bonds. The molecule has 3 rings (SSSR count). The standard InChI is InChI=1S/C18H28N4O2/c1-2-14(19-17(23)13-10-6-7-11-13)15-18(24)20-16(22-21-15)12-8-4-3-5-9-12/h12-14H,2-11H2,1H3,(H,19,23)(H,20,22,24). The van der Waals surface area contributed by atoms with Crippen LogP contribution in [-0.2, 0) is 4.79 Å². The molecule has 1 aromatic heterocycles. The molecular formula is C18H28N4O2. The van der Waals surface area contributed by atoms with Crippen molar-refractivity contribution in [2.75, 3.05) is 0 Å². The number of nitrogens with zero attached hydrogens (tertiary/aromatic N) is 2. The van der Waals surface area contributed by atoms with Crippen LogP contribution in [0.25, 0.3) is 0 Å². The van der Waals surface area contributed by atoms with Gasteiger partial charge >= 0.3 is 0 Å². The second-order valence-electron chi connectivity index (χ2n) is 7.21. The molecule has 6 nitrogen and oxygen atoms in total. The third-order valence-corrected chi connectivity index (χ3v) is 5.51. The molecule has 0 aromatic carbocycles. The van der Waals surface area contributed by atoms with E-state index >= 15 is 0 Å². The summed E-state index contributed by atoms with van der Waals surface area (Å²) in [5.74, 6) is 1.17. The lowest BCUT2D eigenvalue weighted by molar-refractivity contribution is -0.125. The van der Waals surface area contributed by atoms with Crippen LogP contribution in [0.2, 0.25) is 0 Å². The fraction of sp³-hybridized carbons (Fsp3) is 0.778. The van der Waals surface area contributed by atoms with Gasteiger partial charge in [0.1, 0.15) is 5.82 Å². The number of hydrogen-bond donors (Lipinski definition) is 2. The summed E-state index contributed by atoms with van der Waals surface area (Å²) in [6.07, 6.45) is 10.5. The lowest BCUT2D eigenvalue weighted by Gasteiger charge is -2.21. The summed E-state index contributed by atoms with van der Waals surface area (Å²) in [4.78, 5) is 27.7. The maximum absolute atomic E-state index is 12.5. The topological polar surface area (TPSA) is 87.7 Å². The Labute approximate surface area is 142 Å². The van der Waals surface area contributed by atoms with E-state index in [0.29, 0.717) is 23.9 Å². The highest BCUT2D eigenvalue weighted by atomic mass is 16.2. The van der Waals surface area contributed by atoms with E-state index in [2.05, 4.69) is 20.5 Å². The number of nitrogens with one attached hydrogen (secondary N) is 2. The van der Waals surface area contributed by atoms with E-state index in [0.717, 1.165) is 38.5 Å². The van der Waals surface area contributed by atoms with Crippen molar-refractivity contribution in [3.8, 4) is 0 Å². The second-order valence-corrected chi connectivity index (χ2v) is 7.21. The second kappa shape index (κ2) is 7.90. The largest absolute Gasteiger partial charge is 0.347 e. The molecule has 132 valence electrons. The van der Waals surface area contributed by atoms with Gasteiger partial charge < -0.3 is 10.3 Å². The maximum atomic E-state index is 12.5. The predicted molar refractivity (Wildman–Crippen MR) is 91.6 cm³/mol. The van der Waals surface area contributed by atoms with Crippen LogP contribution in [0.3, 0.4) is 0 Å². The molecule has 0 spiro atoms. The van der Waals surface area contributed by atoms with Crippen molar-refractivity contribution in [2.24, 2.45) is 5.92 Å². The number of aromatic amines is 1. The number of rotatable bonds is 5. The molecular weight excluding hydrogens is 304 g/mol. The van der Waals surface area contributed by atoms with E-state index < -0.39 is 0 Å². The Kier molecular flexibility index (Phi) is 5.63. The number of aromatic nitrogens is 3. The SMILES string of the molecule is CCC(NC(=O)C1CCCC1)c1nnc(C2CCCCC2)[nH]c1=O. The highest BCUT2D eigenvalue weighted by Crippen LogP contribution is 2.30. The lowest BCUT2D eigenvalue weighted by atomic mass is 9.89. The quantitative estimate of drug-likeness (QED) is 0.867. The summed E-state index contributed by atoms with van der Waals surface area (Å²) in [7, 11) is 0. The molecule has 2 aliphatic carbocycles. The Hall–Kier alpha value is -1.72. The fourth-order valence-corrected chi connectivity index (χ4v) is 3.99. The average Bonchev–Trinajstić information content (AvgIpc) is 3.15. The molecule has 2 fully saturated rings. The van der Waals surface area contributed by atoms with E-state index in [1.54, 1.807) is 0 Å². The van der Waals surface area contributed by atoms with E-state index in [1.807, 2.05) is 6.92 Å². The molecule has 6 heteroatoms. The Morgan fingerprint density at radius 3 is 2.42 bits per heavy atom. The van der Waals surface area contributed by atoms with Crippen molar-refractivity contribution >= 4 is 5.91 Å². The van der Waals surface area contributed by atoms with Crippen LogP contribution in [0.5, 0.6) is 0 Å². The molecule has 2 saturated carbocycles. The van der Waals surface area contributed by atoms with Crippen LogP contribution >= 0.6 is 0 Å². The van der Waals surface area contributed by atoms with Crippen LogP contribution in [0.15, 0.2) is 4.79 Å². The van der Waals surface area contributed by atoms with Crippen molar-refractivity contribution in [1.29, 1.82) is 0 Å². The molecule has 1 unspecified atom stereocenters. The molecule has 0 radical (unpaired) electrons. The van der Waals surface area contributed by atoms with Gasteiger partial charge in [-0.05, 0) is 32.1 Å². The van der Waals surface area contributed by atoms with Crippen LogP contribution in [0.4, 0.5) is 0 Å². The first-order valence-electron chi connectivity index (χ1n) is 9.46. The van der Waals surface area contributed by atoms with Crippen LogP contribution in [0.1, 0.15) is 94.6 Å². The maximum Gasteiger partial charge on any atom is 0.275 e. The van der Waals surface area contributed by atoms with E-state index in [9.17, 15) is 9.59 Å². The number of hydrogen-bond acceptors (Lipinski definition) is 4. The molecule has 0 bridgehead atoms. The van der Waals surface area contributed by atoms with Crippen molar-refractivity contribution in [2.45, 2.75) is 83.1 Å². The van der Waals surface area contributed by atoms with Crippen molar-refractivity contribution in [3.63, 3.8) is 0 Å². The van der Waals surface area contributed by atoms with Gasteiger partial charge in [-0.15, -0.1) is 10.2 Å². The first-order chi connectivity index (χ1) is 11.7. The molecule has 0 saturated heterocycles. The van der Waals surface area contributed by atoms with Gasteiger partial charge in [0.25, 0.3) is 5.56 Å². The number of carbonyl (C=O) groups is 1. The average molecular weight is 332 g/mol. The van der Waals surface area contributed by atoms with Gasteiger partial charge in [0, 0.05) is 11.8 Å². The Balaban J connectivity index is 1.71. The number of carbonyl (C=O) groups excluding carboxylic acids is 1.